The van der Waals surface area contributed by atoms with Gasteiger partial charge >= 0.3 is 0 Å². The minimum Gasteiger partial charge on any atom is -0.273 e. The number of nitrogens with zero attached hydrogens (tertiary/aromatic N) is 1. The van der Waals surface area contributed by atoms with E-state index in [0.717, 1.165) is 18.4 Å². The molecule has 0 saturated carbocycles. The average Bonchev–Trinajstić information content (AvgIpc) is 2.65. The van der Waals surface area contributed by atoms with Crippen molar-refractivity contribution < 1.29 is 4.79 Å². The molecule has 152 valence electrons. The summed E-state index contributed by atoms with van der Waals surface area (Å²) in [7, 11) is 0. The first kappa shape index (κ1) is 23.7. The summed E-state index contributed by atoms with van der Waals surface area (Å²) in [6.45, 7) is 2.27. The average molecular weight is 393 g/mol. The fraction of sp³-hybridized carbons (Fsp3) is 0.652. The molecule has 1 rings (SSSR count). The molecule has 1 aromatic carbocycles. The highest BCUT2D eigenvalue weighted by atomic mass is 35.5. The van der Waals surface area contributed by atoms with Crippen LogP contribution in [0.4, 0.5) is 0 Å². The first-order chi connectivity index (χ1) is 13.2. The summed E-state index contributed by atoms with van der Waals surface area (Å²) >= 11 is 5.91. The number of unbranched alkanes of at least 4 members (excludes halogenated alkanes) is 12. The first-order valence-corrected chi connectivity index (χ1v) is 11.2. The van der Waals surface area contributed by atoms with E-state index in [4.69, 9.17) is 11.6 Å². The van der Waals surface area contributed by atoms with E-state index in [1.807, 2.05) is 24.3 Å². The number of carbonyl (C=O) groups is 1. The quantitative estimate of drug-likeness (QED) is 0.179. The molecule has 0 bridgehead atoms. The molecule has 0 aliphatic carbocycles. The van der Waals surface area contributed by atoms with Gasteiger partial charge in [0.1, 0.15) is 0 Å². The van der Waals surface area contributed by atoms with E-state index in [1.165, 1.54) is 70.6 Å². The SMILES string of the molecule is CCCCCCCCCCCCCCCC(=O)N/N=C\c1cccc(Cl)c1. The van der Waals surface area contributed by atoms with Crippen LogP contribution >= 0.6 is 11.6 Å². The minimum atomic E-state index is -0.0173. The van der Waals surface area contributed by atoms with Crippen LogP contribution < -0.4 is 5.43 Å². The van der Waals surface area contributed by atoms with Gasteiger partial charge in [-0.25, -0.2) is 5.43 Å². The maximum atomic E-state index is 11.8. The number of halogens is 1. The first-order valence-electron chi connectivity index (χ1n) is 10.8. The number of nitrogens with one attached hydrogen (secondary N) is 1. The summed E-state index contributed by atoms with van der Waals surface area (Å²) in [6.07, 6.45) is 19.2. The van der Waals surface area contributed by atoms with Gasteiger partial charge in [-0.05, 0) is 24.1 Å². The molecule has 3 nitrogen and oxygen atoms in total. The molecule has 0 fully saturated rings. The Balaban J connectivity index is 1.88. The van der Waals surface area contributed by atoms with E-state index >= 15 is 0 Å². The lowest BCUT2D eigenvalue weighted by molar-refractivity contribution is -0.121. The number of rotatable bonds is 16. The van der Waals surface area contributed by atoms with Crippen LogP contribution in [0.5, 0.6) is 0 Å². The smallest absolute Gasteiger partial charge is 0.240 e. The van der Waals surface area contributed by atoms with Crippen molar-refractivity contribution in [2.75, 3.05) is 0 Å². The zero-order chi connectivity index (χ0) is 19.6. The van der Waals surface area contributed by atoms with Gasteiger partial charge in [0, 0.05) is 11.4 Å². The molecule has 0 atom stereocenters. The Morgan fingerprint density at radius 3 is 2.04 bits per heavy atom. The molecule has 0 saturated heterocycles. The molecule has 4 heteroatoms. The van der Waals surface area contributed by atoms with E-state index in [9.17, 15) is 4.79 Å². The highest BCUT2D eigenvalue weighted by Crippen LogP contribution is 2.13. The fourth-order valence-electron chi connectivity index (χ4n) is 3.12. The lowest BCUT2D eigenvalue weighted by Crippen LogP contribution is -2.16. The van der Waals surface area contributed by atoms with Gasteiger partial charge in [-0.1, -0.05) is 108 Å². The minimum absolute atomic E-state index is 0.0173. The molecule has 0 radical (unpaired) electrons. The molecule has 1 aromatic rings. The highest BCUT2D eigenvalue weighted by Gasteiger charge is 1.99. The van der Waals surface area contributed by atoms with Crippen LogP contribution in [0.15, 0.2) is 29.4 Å². The topological polar surface area (TPSA) is 41.5 Å². The third-order valence-electron chi connectivity index (χ3n) is 4.76. The van der Waals surface area contributed by atoms with Crippen LogP contribution in [0, 0.1) is 0 Å². The number of amides is 1. The van der Waals surface area contributed by atoms with Crippen LogP contribution in [-0.2, 0) is 4.79 Å². The largest absolute Gasteiger partial charge is 0.273 e. The lowest BCUT2D eigenvalue weighted by atomic mass is 10.0. The molecular formula is C23H37ClN2O. The molecule has 27 heavy (non-hydrogen) atoms. The molecule has 0 unspecified atom stereocenters. The van der Waals surface area contributed by atoms with Crippen molar-refractivity contribution in [1.82, 2.24) is 5.43 Å². The predicted molar refractivity (Wildman–Crippen MR) is 118 cm³/mol. The Kier molecular flexibility index (Phi) is 14.7. The Morgan fingerprint density at radius 1 is 0.926 bits per heavy atom. The predicted octanol–water partition coefficient (Wildman–Crippen LogP) is 7.27. The van der Waals surface area contributed by atoms with Gasteiger partial charge in [0.25, 0.3) is 0 Å². The Bertz CT molecular complexity index is 531. The van der Waals surface area contributed by atoms with Gasteiger partial charge in [0.15, 0.2) is 0 Å². The van der Waals surface area contributed by atoms with Crippen LogP contribution in [-0.4, -0.2) is 12.1 Å². The van der Waals surface area contributed by atoms with Crippen molar-refractivity contribution in [2.24, 2.45) is 5.10 Å². The maximum absolute atomic E-state index is 11.8. The van der Waals surface area contributed by atoms with Crippen molar-refractivity contribution >= 4 is 23.7 Å². The van der Waals surface area contributed by atoms with Crippen molar-refractivity contribution in [3.8, 4) is 0 Å². The third kappa shape index (κ3) is 14.4. The van der Waals surface area contributed by atoms with Crippen molar-refractivity contribution in [3.63, 3.8) is 0 Å². The second-order valence-corrected chi connectivity index (χ2v) is 7.78. The molecule has 1 amide bonds. The van der Waals surface area contributed by atoms with Gasteiger partial charge in [-0.3, -0.25) is 4.79 Å². The standard InChI is InChI=1S/C23H37ClN2O/c1-2-3-4-5-6-7-8-9-10-11-12-13-14-18-23(27)26-25-20-21-16-15-17-22(24)19-21/h15-17,19-20H,2-14,18H2,1H3,(H,26,27)/b25-20-. The van der Waals surface area contributed by atoms with E-state index in [-0.39, 0.29) is 5.91 Å². The molecule has 0 aromatic heterocycles. The van der Waals surface area contributed by atoms with Crippen LogP contribution in [0.3, 0.4) is 0 Å². The number of hydrogen-bond acceptors (Lipinski definition) is 2. The third-order valence-corrected chi connectivity index (χ3v) is 4.99. The van der Waals surface area contributed by atoms with E-state index in [0.29, 0.717) is 11.4 Å². The van der Waals surface area contributed by atoms with Gasteiger partial charge < -0.3 is 0 Å². The van der Waals surface area contributed by atoms with Gasteiger partial charge in [0.2, 0.25) is 5.91 Å². The summed E-state index contributed by atoms with van der Waals surface area (Å²) in [5.41, 5.74) is 3.46. The van der Waals surface area contributed by atoms with E-state index in [2.05, 4.69) is 17.5 Å². The molecule has 0 aliphatic rings. The summed E-state index contributed by atoms with van der Waals surface area (Å²) in [6, 6.07) is 7.38. The van der Waals surface area contributed by atoms with Gasteiger partial charge in [-0.15, -0.1) is 0 Å². The molecule has 0 aliphatic heterocycles. The molecule has 0 heterocycles. The Hall–Kier alpha value is -1.35. The summed E-state index contributed by atoms with van der Waals surface area (Å²) in [4.78, 5) is 11.8. The van der Waals surface area contributed by atoms with Crippen LogP contribution in [0.25, 0.3) is 0 Å². The summed E-state index contributed by atoms with van der Waals surface area (Å²) < 4.78 is 0. The lowest BCUT2D eigenvalue weighted by Gasteiger charge is -2.03. The fourth-order valence-corrected chi connectivity index (χ4v) is 3.32. The highest BCUT2D eigenvalue weighted by molar-refractivity contribution is 6.30. The number of hydrazone groups is 1. The van der Waals surface area contributed by atoms with Gasteiger partial charge in [0.05, 0.1) is 6.21 Å². The van der Waals surface area contributed by atoms with Crippen molar-refractivity contribution in [1.29, 1.82) is 0 Å². The zero-order valence-corrected chi connectivity index (χ0v) is 17.8. The van der Waals surface area contributed by atoms with Gasteiger partial charge in [-0.2, -0.15) is 5.10 Å². The molecule has 0 spiro atoms. The van der Waals surface area contributed by atoms with Crippen LogP contribution in [0.1, 0.15) is 102 Å². The maximum Gasteiger partial charge on any atom is 0.240 e. The zero-order valence-electron chi connectivity index (χ0n) is 17.0. The second kappa shape index (κ2) is 16.8. The monoisotopic (exact) mass is 392 g/mol. The Labute approximate surface area is 171 Å². The Morgan fingerprint density at radius 2 is 1.48 bits per heavy atom. The number of benzene rings is 1. The van der Waals surface area contributed by atoms with Crippen LogP contribution in [0.2, 0.25) is 5.02 Å². The van der Waals surface area contributed by atoms with E-state index in [1.54, 1.807) is 6.21 Å². The van der Waals surface area contributed by atoms with E-state index < -0.39 is 0 Å². The molecular weight excluding hydrogens is 356 g/mol. The summed E-state index contributed by atoms with van der Waals surface area (Å²) in [5.74, 6) is -0.0173. The number of carbonyl (C=O) groups excluding carboxylic acids is 1. The van der Waals surface area contributed by atoms with Crippen molar-refractivity contribution in [2.45, 2.75) is 96.8 Å². The molecule has 1 N–H and O–H groups in total. The van der Waals surface area contributed by atoms with Crippen molar-refractivity contribution in [3.05, 3.63) is 34.9 Å². The number of hydrogen-bond donors (Lipinski definition) is 1. The normalized spacial score (nSPS) is 11.2. The second-order valence-electron chi connectivity index (χ2n) is 7.34. The summed E-state index contributed by atoms with van der Waals surface area (Å²) in [5, 5.41) is 4.64.